The smallest absolute Gasteiger partial charge is 0.0901 e. The minimum atomic E-state index is -0.672. The van der Waals surface area contributed by atoms with Crippen molar-refractivity contribution in [2.45, 2.75) is 44.8 Å². The summed E-state index contributed by atoms with van der Waals surface area (Å²) in [5, 5.41) is 19.3. The standard InChI is InChI=1S/C18H29NO2/c1-4-5-6-7-15-8-10-16(11-9-15)12-13-18(21)17(14-20)19(2)3/h8-13,17-18,20-21H,4-7,14H2,1-3H3/b13-12+/t17-,18+/m1/s1. The molecule has 0 bridgehead atoms. The molecule has 0 fully saturated rings. The Balaban J connectivity index is 2.56. The molecule has 0 radical (unpaired) electrons. The normalized spacial score (nSPS) is 14.8. The van der Waals surface area contributed by atoms with E-state index in [4.69, 9.17) is 0 Å². The third-order valence-electron chi connectivity index (χ3n) is 3.78. The third-order valence-corrected chi connectivity index (χ3v) is 3.78. The Kier molecular flexibility index (Phi) is 8.28. The van der Waals surface area contributed by atoms with Crippen LogP contribution in [0.3, 0.4) is 0 Å². The zero-order valence-electron chi connectivity index (χ0n) is 13.5. The number of benzene rings is 1. The quantitative estimate of drug-likeness (QED) is 0.688. The number of unbranched alkanes of at least 4 members (excludes halogenated alkanes) is 2. The molecule has 0 aromatic heterocycles. The summed E-state index contributed by atoms with van der Waals surface area (Å²) < 4.78 is 0. The Morgan fingerprint density at radius 2 is 1.81 bits per heavy atom. The second kappa shape index (κ2) is 9.72. The van der Waals surface area contributed by atoms with E-state index in [1.54, 1.807) is 6.08 Å². The minimum Gasteiger partial charge on any atom is -0.395 e. The lowest BCUT2D eigenvalue weighted by molar-refractivity contribution is 0.0678. The molecule has 1 rings (SSSR count). The first-order valence-corrected chi connectivity index (χ1v) is 7.81. The molecule has 2 N–H and O–H groups in total. The fraction of sp³-hybridized carbons (Fsp3) is 0.556. The van der Waals surface area contributed by atoms with Gasteiger partial charge in [0.25, 0.3) is 0 Å². The first-order chi connectivity index (χ1) is 10.1. The van der Waals surface area contributed by atoms with E-state index in [0.717, 1.165) is 12.0 Å². The van der Waals surface area contributed by atoms with Crippen molar-refractivity contribution >= 4 is 6.08 Å². The van der Waals surface area contributed by atoms with Crippen LogP contribution in [0.1, 0.15) is 37.3 Å². The highest BCUT2D eigenvalue weighted by Crippen LogP contribution is 2.11. The summed E-state index contributed by atoms with van der Waals surface area (Å²) in [6.45, 7) is 2.15. The largest absolute Gasteiger partial charge is 0.395 e. The topological polar surface area (TPSA) is 43.7 Å². The average molecular weight is 291 g/mol. The highest BCUT2D eigenvalue weighted by atomic mass is 16.3. The molecule has 1 aromatic rings. The summed E-state index contributed by atoms with van der Waals surface area (Å²) in [7, 11) is 3.70. The van der Waals surface area contributed by atoms with Gasteiger partial charge in [-0.15, -0.1) is 0 Å². The van der Waals surface area contributed by atoms with Gasteiger partial charge in [-0.05, 0) is 38.1 Å². The van der Waals surface area contributed by atoms with Crippen molar-refractivity contribution < 1.29 is 10.2 Å². The van der Waals surface area contributed by atoms with E-state index >= 15 is 0 Å². The lowest BCUT2D eigenvalue weighted by Gasteiger charge is -2.25. The summed E-state index contributed by atoms with van der Waals surface area (Å²) in [6, 6.07) is 8.19. The van der Waals surface area contributed by atoms with E-state index in [1.165, 1.54) is 24.8 Å². The highest BCUT2D eigenvalue weighted by Gasteiger charge is 2.17. The van der Waals surface area contributed by atoms with Gasteiger partial charge in [0.1, 0.15) is 0 Å². The predicted octanol–water partition coefficient (Wildman–Crippen LogP) is 2.72. The van der Waals surface area contributed by atoms with Crippen molar-refractivity contribution in [1.29, 1.82) is 0 Å². The van der Waals surface area contributed by atoms with Gasteiger partial charge in [0, 0.05) is 0 Å². The SMILES string of the molecule is CCCCCc1ccc(/C=C/[C@H](O)[C@@H](CO)N(C)C)cc1. The van der Waals surface area contributed by atoms with E-state index in [1.807, 2.05) is 25.1 Å². The predicted molar refractivity (Wildman–Crippen MR) is 89.3 cm³/mol. The number of hydrogen-bond donors (Lipinski definition) is 2. The number of aliphatic hydroxyl groups excluding tert-OH is 2. The van der Waals surface area contributed by atoms with E-state index in [2.05, 4.69) is 31.2 Å². The molecule has 2 atom stereocenters. The van der Waals surface area contributed by atoms with Crippen molar-refractivity contribution in [1.82, 2.24) is 4.90 Å². The van der Waals surface area contributed by atoms with Gasteiger partial charge in [0.05, 0.1) is 18.8 Å². The number of likely N-dealkylation sites (N-methyl/N-ethyl adjacent to an activating group) is 1. The van der Waals surface area contributed by atoms with E-state index in [0.29, 0.717) is 0 Å². The van der Waals surface area contributed by atoms with Crippen LogP contribution in [0.4, 0.5) is 0 Å². The summed E-state index contributed by atoms with van der Waals surface area (Å²) in [4.78, 5) is 1.83. The molecule has 1 aromatic carbocycles. The number of aryl methyl sites for hydroxylation is 1. The van der Waals surface area contributed by atoms with Crippen molar-refractivity contribution in [3.05, 3.63) is 41.5 Å². The molecule has 118 valence electrons. The van der Waals surface area contributed by atoms with E-state index in [-0.39, 0.29) is 12.6 Å². The fourth-order valence-electron chi connectivity index (χ4n) is 2.29. The number of hydrogen-bond acceptors (Lipinski definition) is 3. The van der Waals surface area contributed by atoms with Crippen LogP contribution in [0.5, 0.6) is 0 Å². The fourth-order valence-corrected chi connectivity index (χ4v) is 2.29. The maximum atomic E-state index is 10.1. The molecule has 0 saturated heterocycles. The van der Waals surface area contributed by atoms with Gasteiger partial charge in [0.15, 0.2) is 0 Å². The number of rotatable bonds is 9. The van der Waals surface area contributed by atoms with Crippen molar-refractivity contribution in [2.75, 3.05) is 20.7 Å². The van der Waals surface area contributed by atoms with Crippen LogP contribution in [0.15, 0.2) is 30.3 Å². The molecule has 0 spiro atoms. The molecule has 0 amide bonds. The Labute approximate surface area is 128 Å². The maximum absolute atomic E-state index is 10.1. The molecule has 0 aliphatic heterocycles. The van der Waals surface area contributed by atoms with Crippen molar-refractivity contribution in [3.8, 4) is 0 Å². The second-order valence-corrected chi connectivity index (χ2v) is 5.76. The molecule has 0 unspecified atom stereocenters. The zero-order chi connectivity index (χ0) is 15.7. The Morgan fingerprint density at radius 1 is 1.14 bits per heavy atom. The van der Waals surface area contributed by atoms with E-state index < -0.39 is 6.10 Å². The third kappa shape index (κ3) is 6.42. The van der Waals surface area contributed by atoms with Gasteiger partial charge < -0.3 is 15.1 Å². The Hall–Kier alpha value is -1.16. The molecule has 0 heterocycles. The molecule has 3 heteroatoms. The first kappa shape index (κ1) is 17.9. The average Bonchev–Trinajstić information content (AvgIpc) is 2.47. The Morgan fingerprint density at radius 3 is 2.33 bits per heavy atom. The van der Waals surface area contributed by atoms with Crippen LogP contribution in [-0.4, -0.2) is 48.0 Å². The summed E-state index contributed by atoms with van der Waals surface area (Å²) in [5.41, 5.74) is 2.44. The highest BCUT2D eigenvalue weighted by molar-refractivity contribution is 5.50. The van der Waals surface area contributed by atoms with Crippen LogP contribution >= 0.6 is 0 Å². The Bertz CT molecular complexity index is 412. The van der Waals surface area contributed by atoms with Crippen LogP contribution in [0.25, 0.3) is 6.08 Å². The van der Waals surface area contributed by atoms with Crippen LogP contribution in [0.2, 0.25) is 0 Å². The van der Waals surface area contributed by atoms with Crippen molar-refractivity contribution in [3.63, 3.8) is 0 Å². The van der Waals surface area contributed by atoms with Crippen LogP contribution in [-0.2, 0) is 6.42 Å². The second-order valence-electron chi connectivity index (χ2n) is 5.76. The number of aliphatic hydroxyl groups is 2. The molecule has 3 nitrogen and oxygen atoms in total. The van der Waals surface area contributed by atoms with Crippen LogP contribution < -0.4 is 0 Å². The lowest BCUT2D eigenvalue weighted by atomic mass is 10.0. The number of nitrogens with zero attached hydrogens (tertiary/aromatic N) is 1. The molecule has 0 aliphatic rings. The van der Waals surface area contributed by atoms with Gasteiger partial charge in [-0.1, -0.05) is 56.2 Å². The lowest BCUT2D eigenvalue weighted by Crippen LogP contribution is -2.40. The van der Waals surface area contributed by atoms with Gasteiger partial charge in [-0.2, -0.15) is 0 Å². The molecular formula is C18H29NO2. The molecular weight excluding hydrogens is 262 g/mol. The van der Waals surface area contributed by atoms with Crippen LogP contribution in [0, 0.1) is 0 Å². The van der Waals surface area contributed by atoms with Crippen molar-refractivity contribution in [2.24, 2.45) is 0 Å². The molecule has 0 aliphatic carbocycles. The van der Waals surface area contributed by atoms with E-state index in [9.17, 15) is 10.2 Å². The maximum Gasteiger partial charge on any atom is 0.0901 e. The monoisotopic (exact) mass is 291 g/mol. The van der Waals surface area contributed by atoms with Gasteiger partial charge in [-0.3, -0.25) is 0 Å². The summed E-state index contributed by atoms with van der Waals surface area (Å²) in [6.07, 6.45) is 7.88. The molecule has 21 heavy (non-hydrogen) atoms. The summed E-state index contributed by atoms with van der Waals surface area (Å²) >= 11 is 0. The van der Waals surface area contributed by atoms with Gasteiger partial charge >= 0.3 is 0 Å². The zero-order valence-corrected chi connectivity index (χ0v) is 13.5. The van der Waals surface area contributed by atoms with Gasteiger partial charge in [-0.25, -0.2) is 0 Å². The summed E-state index contributed by atoms with van der Waals surface area (Å²) in [5.74, 6) is 0. The van der Waals surface area contributed by atoms with Gasteiger partial charge in [0.2, 0.25) is 0 Å². The molecule has 0 saturated carbocycles. The first-order valence-electron chi connectivity index (χ1n) is 7.81. The minimum absolute atomic E-state index is 0.0606.